The number of thiazole rings is 1. The van der Waals surface area contributed by atoms with Crippen molar-refractivity contribution in [1.82, 2.24) is 15.2 Å². The number of amides is 1. The zero-order valence-electron chi connectivity index (χ0n) is 13.6. The third-order valence-electron chi connectivity index (χ3n) is 4.62. The van der Waals surface area contributed by atoms with Crippen LogP contribution in [-0.2, 0) is 20.9 Å². The van der Waals surface area contributed by atoms with E-state index in [1.165, 1.54) is 0 Å². The van der Waals surface area contributed by atoms with Crippen LogP contribution in [-0.4, -0.2) is 60.3 Å². The van der Waals surface area contributed by atoms with Crippen molar-refractivity contribution >= 4 is 17.2 Å². The van der Waals surface area contributed by atoms with Gasteiger partial charge in [0.05, 0.1) is 30.5 Å². The Morgan fingerprint density at radius 3 is 3.00 bits per heavy atom. The van der Waals surface area contributed by atoms with E-state index in [1.807, 2.05) is 15.8 Å². The van der Waals surface area contributed by atoms with E-state index in [1.54, 1.807) is 18.3 Å². The van der Waals surface area contributed by atoms with Gasteiger partial charge in [-0.25, -0.2) is 4.98 Å². The molecule has 0 bridgehead atoms. The molecule has 2 saturated heterocycles. The molecule has 2 aliphatic rings. The van der Waals surface area contributed by atoms with Gasteiger partial charge in [0.2, 0.25) is 5.91 Å². The number of carbonyl (C=O) groups excluding carboxylic acids is 1. The van der Waals surface area contributed by atoms with E-state index in [0.717, 1.165) is 44.7 Å². The van der Waals surface area contributed by atoms with Crippen LogP contribution in [0.25, 0.3) is 0 Å². The van der Waals surface area contributed by atoms with Gasteiger partial charge in [-0.1, -0.05) is 0 Å². The number of likely N-dealkylation sites (tertiary alicyclic amines) is 1. The van der Waals surface area contributed by atoms with Crippen LogP contribution in [0.15, 0.2) is 10.9 Å². The number of ether oxygens (including phenoxy) is 2. The summed E-state index contributed by atoms with van der Waals surface area (Å²) in [7, 11) is 0. The molecule has 0 spiro atoms. The van der Waals surface area contributed by atoms with Crippen molar-refractivity contribution in [3.05, 3.63) is 16.6 Å². The summed E-state index contributed by atoms with van der Waals surface area (Å²) in [6.07, 6.45) is 3.05. The maximum Gasteiger partial charge on any atom is 0.219 e. The van der Waals surface area contributed by atoms with Gasteiger partial charge in [-0.2, -0.15) is 0 Å². The topological polar surface area (TPSA) is 63.7 Å². The minimum absolute atomic E-state index is 0.0660. The third kappa shape index (κ3) is 4.73. The van der Waals surface area contributed by atoms with Crippen molar-refractivity contribution in [2.45, 2.75) is 51.0 Å². The molecule has 0 radical (unpaired) electrons. The van der Waals surface area contributed by atoms with Gasteiger partial charge in [0.1, 0.15) is 0 Å². The van der Waals surface area contributed by atoms with Crippen LogP contribution in [0.1, 0.15) is 31.9 Å². The van der Waals surface area contributed by atoms with E-state index in [-0.39, 0.29) is 12.0 Å². The van der Waals surface area contributed by atoms with E-state index in [9.17, 15) is 4.79 Å². The summed E-state index contributed by atoms with van der Waals surface area (Å²) < 4.78 is 11.6. The van der Waals surface area contributed by atoms with Gasteiger partial charge in [0.25, 0.3) is 0 Å². The zero-order chi connectivity index (χ0) is 16.1. The van der Waals surface area contributed by atoms with Crippen LogP contribution in [0.4, 0.5) is 0 Å². The number of aromatic nitrogens is 1. The first-order chi connectivity index (χ1) is 11.2. The highest BCUT2D eigenvalue weighted by atomic mass is 32.1. The molecule has 7 heteroatoms. The molecule has 23 heavy (non-hydrogen) atoms. The van der Waals surface area contributed by atoms with E-state index in [4.69, 9.17) is 9.47 Å². The van der Waals surface area contributed by atoms with Crippen LogP contribution in [0.5, 0.6) is 0 Å². The van der Waals surface area contributed by atoms with Crippen molar-refractivity contribution in [1.29, 1.82) is 0 Å². The van der Waals surface area contributed by atoms with Crippen LogP contribution in [0.2, 0.25) is 0 Å². The summed E-state index contributed by atoms with van der Waals surface area (Å²) in [4.78, 5) is 17.6. The Balaban J connectivity index is 1.47. The molecule has 0 unspecified atom stereocenters. The molecular formula is C16H25N3O3S. The molecule has 1 N–H and O–H groups in total. The van der Waals surface area contributed by atoms with Gasteiger partial charge in [-0.15, -0.1) is 11.3 Å². The Hall–Kier alpha value is -1.02. The molecule has 128 valence electrons. The molecule has 3 rings (SSSR count). The van der Waals surface area contributed by atoms with Gasteiger partial charge in [0, 0.05) is 44.1 Å². The van der Waals surface area contributed by atoms with Gasteiger partial charge in [-0.05, 0) is 19.3 Å². The van der Waals surface area contributed by atoms with Crippen molar-refractivity contribution in [3.8, 4) is 0 Å². The molecular weight excluding hydrogens is 314 g/mol. The molecule has 6 nitrogen and oxygen atoms in total. The SMILES string of the molecule is CC(=O)N1CCC(N[C@@H]2CCOC[C@H]2OCc2cscn2)CC1. The first-order valence-electron chi connectivity index (χ1n) is 8.30. The maximum atomic E-state index is 11.4. The molecule has 1 amide bonds. The third-order valence-corrected chi connectivity index (χ3v) is 5.26. The number of piperidine rings is 1. The van der Waals surface area contributed by atoms with Gasteiger partial charge < -0.3 is 19.7 Å². The fourth-order valence-electron chi connectivity index (χ4n) is 3.23. The normalized spacial score (nSPS) is 26.4. The highest BCUT2D eigenvalue weighted by molar-refractivity contribution is 7.07. The monoisotopic (exact) mass is 339 g/mol. The predicted octanol–water partition coefficient (Wildman–Crippen LogP) is 1.42. The summed E-state index contributed by atoms with van der Waals surface area (Å²) >= 11 is 1.59. The number of carbonyl (C=O) groups is 1. The fraction of sp³-hybridized carbons (Fsp3) is 0.750. The highest BCUT2D eigenvalue weighted by Gasteiger charge is 2.30. The molecule has 0 saturated carbocycles. The number of nitrogens with one attached hydrogen (secondary N) is 1. The highest BCUT2D eigenvalue weighted by Crippen LogP contribution is 2.18. The minimum atomic E-state index is 0.0660. The van der Waals surface area contributed by atoms with Crippen molar-refractivity contribution in [2.75, 3.05) is 26.3 Å². The Kier molecular flexibility index (Phi) is 5.99. The summed E-state index contributed by atoms with van der Waals surface area (Å²) in [6, 6.07) is 0.773. The van der Waals surface area contributed by atoms with Gasteiger partial charge >= 0.3 is 0 Å². The summed E-state index contributed by atoms with van der Waals surface area (Å²) in [5.41, 5.74) is 2.81. The summed E-state index contributed by atoms with van der Waals surface area (Å²) in [5, 5.41) is 5.75. The predicted molar refractivity (Wildman–Crippen MR) is 88.3 cm³/mol. The van der Waals surface area contributed by atoms with Crippen LogP contribution in [0, 0.1) is 0 Å². The largest absolute Gasteiger partial charge is 0.379 e. The molecule has 2 atom stereocenters. The van der Waals surface area contributed by atoms with E-state index in [0.29, 0.717) is 25.3 Å². The fourth-order valence-corrected chi connectivity index (χ4v) is 3.77. The van der Waals surface area contributed by atoms with Gasteiger partial charge in [0.15, 0.2) is 0 Å². The number of hydrogen-bond donors (Lipinski definition) is 1. The molecule has 2 fully saturated rings. The van der Waals surface area contributed by atoms with Crippen molar-refractivity contribution in [3.63, 3.8) is 0 Å². The first-order valence-corrected chi connectivity index (χ1v) is 9.24. The second-order valence-electron chi connectivity index (χ2n) is 6.25. The van der Waals surface area contributed by atoms with Crippen LogP contribution in [0.3, 0.4) is 0 Å². The summed E-state index contributed by atoms with van der Waals surface area (Å²) in [5.74, 6) is 0.180. The minimum Gasteiger partial charge on any atom is -0.379 e. The van der Waals surface area contributed by atoms with E-state index in [2.05, 4.69) is 10.3 Å². The Morgan fingerprint density at radius 1 is 1.48 bits per heavy atom. The summed E-state index contributed by atoms with van der Waals surface area (Å²) in [6.45, 7) is 5.29. The lowest BCUT2D eigenvalue weighted by Gasteiger charge is -2.38. The standard InChI is InChI=1S/C16H25N3O3S/c1-12(20)19-5-2-13(3-6-19)18-15-4-7-21-9-16(15)22-8-14-10-23-11-17-14/h10-11,13,15-16,18H,2-9H2,1H3/t15-,16-/m1/s1. The molecule has 3 heterocycles. The second kappa shape index (κ2) is 8.19. The molecule has 1 aromatic heterocycles. The molecule has 2 aliphatic heterocycles. The molecule has 1 aromatic rings. The number of rotatable bonds is 5. The van der Waals surface area contributed by atoms with Crippen molar-refractivity contribution in [2.24, 2.45) is 0 Å². The van der Waals surface area contributed by atoms with E-state index >= 15 is 0 Å². The van der Waals surface area contributed by atoms with E-state index < -0.39 is 0 Å². The zero-order valence-corrected chi connectivity index (χ0v) is 14.4. The van der Waals surface area contributed by atoms with Crippen LogP contribution >= 0.6 is 11.3 Å². The average molecular weight is 339 g/mol. The Labute approximate surface area is 141 Å². The first kappa shape index (κ1) is 16.8. The lowest BCUT2D eigenvalue weighted by Crippen LogP contribution is -2.54. The number of hydrogen-bond acceptors (Lipinski definition) is 6. The lowest BCUT2D eigenvalue weighted by molar-refractivity contribution is -0.130. The van der Waals surface area contributed by atoms with Crippen molar-refractivity contribution < 1.29 is 14.3 Å². The quantitative estimate of drug-likeness (QED) is 0.879. The average Bonchev–Trinajstić information content (AvgIpc) is 3.08. The smallest absolute Gasteiger partial charge is 0.219 e. The van der Waals surface area contributed by atoms with Gasteiger partial charge in [-0.3, -0.25) is 4.79 Å². The Morgan fingerprint density at radius 2 is 2.30 bits per heavy atom. The number of nitrogens with zero attached hydrogens (tertiary/aromatic N) is 2. The molecule has 0 aromatic carbocycles. The second-order valence-corrected chi connectivity index (χ2v) is 6.97. The molecule has 0 aliphatic carbocycles. The lowest BCUT2D eigenvalue weighted by atomic mass is 9.99. The Bertz CT molecular complexity index is 489. The van der Waals surface area contributed by atoms with Crippen LogP contribution < -0.4 is 5.32 Å². The maximum absolute atomic E-state index is 11.4.